The van der Waals surface area contributed by atoms with Crippen LogP contribution in [0.25, 0.3) is 5.69 Å². The summed E-state index contributed by atoms with van der Waals surface area (Å²) < 4.78 is 7.01. The van der Waals surface area contributed by atoms with Crippen molar-refractivity contribution in [3.63, 3.8) is 0 Å². The molecule has 1 aromatic heterocycles. The summed E-state index contributed by atoms with van der Waals surface area (Å²) in [5.41, 5.74) is 8.01. The second-order valence-electron chi connectivity index (χ2n) is 6.29. The molecule has 0 bridgehead atoms. The van der Waals surface area contributed by atoms with E-state index in [4.69, 9.17) is 10.5 Å². The van der Waals surface area contributed by atoms with Crippen molar-refractivity contribution in [2.75, 3.05) is 20.2 Å². The fraction of sp³-hybridized carbons (Fsp3) is 0.444. The van der Waals surface area contributed by atoms with Gasteiger partial charge in [-0.1, -0.05) is 6.92 Å². The molecule has 1 aliphatic rings. The van der Waals surface area contributed by atoms with E-state index in [-0.39, 0.29) is 0 Å². The van der Waals surface area contributed by atoms with Crippen LogP contribution in [0.3, 0.4) is 0 Å². The van der Waals surface area contributed by atoms with Crippen LogP contribution in [0.4, 0.5) is 0 Å². The number of aliphatic imine (C=N–C) groups is 1. The standard InChI is InChI=1S/C18H25N5O/c1-14-7-10-22(11-8-14)18(19)20-13-15-9-12-23(21-15)16-3-5-17(24-2)6-4-16/h3-6,9,12,14H,7-8,10-11,13H2,1-2H3,(H2,19,20). The molecule has 0 saturated carbocycles. The number of ether oxygens (including phenoxy) is 1. The lowest BCUT2D eigenvalue weighted by Crippen LogP contribution is -2.42. The van der Waals surface area contributed by atoms with Crippen molar-refractivity contribution in [1.82, 2.24) is 14.7 Å². The second-order valence-corrected chi connectivity index (χ2v) is 6.29. The number of nitrogens with two attached hydrogens (primary N) is 1. The Labute approximate surface area is 142 Å². The lowest BCUT2D eigenvalue weighted by atomic mass is 10.00. The van der Waals surface area contributed by atoms with Crippen molar-refractivity contribution in [2.45, 2.75) is 26.3 Å². The largest absolute Gasteiger partial charge is 0.497 e. The molecule has 128 valence electrons. The predicted octanol–water partition coefficient (Wildman–Crippen LogP) is 2.43. The van der Waals surface area contributed by atoms with Crippen molar-refractivity contribution >= 4 is 5.96 Å². The van der Waals surface area contributed by atoms with Gasteiger partial charge in [0, 0.05) is 19.3 Å². The molecule has 2 heterocycles. The molecule has 1 aliphatic heterocycles. The molecule has 3 rings (SSSR count). The molecule has 2 aromatic rings. The van der Waals surface area contributed by atoms with Crippen LogP contribution >= 0.6 is 0 Å². The first-order valence-corrected chi connectivity index (χ1v) is 8.39. The third-order valence-electron chi connectivity index (χ3n) is 4.49. The van der Waals surface area contributed by atoms with Gasteiger partial charge in [0.2, 0.25) is 0 Å². The number of guanidine groups is 1. The highest BCUT2D eigenvalue weighted by molar-refractivity contribution is 5.78. The summed E-state index contributed by atoms with van der Waals surface area (Å²) in [6, 6.07) is 9.76. The quantitative estimate of drug-likeness (QED) is 0.692. The fourth-order valence-electron chi connectivity index (χ4n) is 2.82. The molecule has 2 N–H and O–H groups in total. The van der Waals surface area contributed by atoms with Gasteiger partial charge in [0.1, 0.15) is 5.75 Å². The number of aromatic nitrogens is 2. The van der Waals surface area contributed by atoms with E-state index in [0.29, 0.717) is 12.5 Å². The highest BCUT2D eigenvalue weighted by atomic mass is 16.5. The van der Waals surface area contributed by atoms with Gasteiger partial charge in [-0.05, 0) is 49.1 Å². The zero-order chi connectivity index (χ0) is 16.9. The molecule has 24 heavy (non-hydrogen) atoms. The minimum atomic E-state index is 0.501. The van der Waals surface area contributed by atoms with Gasteiger partial charge in [-0.2, -0.15) is 5.10 Å². The lowest BCUT2D eigenvalue weighted by molar-refractivity contribution is 0.277. The SMILES string of the molecule is COc1ccc(-n2ccc(CN=C(N)N3CCC(C)CC3)n2)cc1. The summed E-state index contributed by atoms with van der Waals surface area (Å²) in [5.74, 6) is 2.24. The molecule has 0 spiro atoms. The van der Waals surface area contributed by atoms with Gasteiger partial charge in [0.15, 0.2) is 5.96 Å². The van der Waals surface area contributed by atoms with E-state index in [0.717, 1.165) is 36.1 Å². The van der Waals surface area contributed by atoms with Crippen molar-refractivity contribution in [2.24, 2.45) is 16.6 Å². The van der Waals surface area contributed by atoms with E-state index in [1.54, 1.807) is 7.11 Å². The molecule has 1 aromatic carbocycles. The van der Waals surface area contributed by atoms with Gasteiger partial charge in [-0.15, -0.1) is 0 Å². The van der Waals surface area contributed by atoms with Crippen LogP contribution in [0.5, 0.6) is 5.75 Å². The van der Waals surface area contributed by atoms with Crippen LogP contribution in [0.2, 0.25) is 0 Å². The van der Waals surface area contributed by atoms with Gasteiger partial charge in [0.25, 0.3) is 0 Å². The number of piperidine rings is 1. The Balaban J connectivity index is 1.62. The zero-order valence-corrected chi connectivity index (χ0v) is 14.4. The molecule has 0 amide bonds. The summed E-state index contributed by atoms with van der Waals surface area (Å²) in [7, 11) is 1.66. The van der Waals surface area contributed by atoms with Crippen LogP contribution in [0, 0.1) is 5.92 Å². The topological polar surface area (TPSA) is 68.7 Å². The Bertz CT molecular complexity index is 684. The molecular formula is C18H25N5O. The van der Waals surface area contributed by atoms with Crippen molar-refractivity contribution in [1.29, 1.82) is 0 Å². The van der Waals surface area contributed by atoms with Crippen molar-refractivity contribution in [3.05, 3.63) is 42.2 Å². The van der Waals surface area contributed by atoms with Crippen LogP contribution in [-0.2, 0) is 6.54 Å². The molecule has 6 nitrogen and oxygen atoms in total. The maximum atomic E-state index is 6.12. The Morgan fingerprint density at radius 2 is 1.96 bits per heavy atom. The minimum absolute atomic E-state index is 0.501. The van der Waals surface area contributed by atoms with Crippen molar-refractivity contribution < 1.29 is 4.74 Å². The number of hydrogen-bond acceptors (Lipinski definition) is 3. The number of likely N-dealkylation sites (tertiary alicyclic amines) is 1. The summed E-state index contributed by atoms with van der Waals surface area (Å²) in [4.78, 5) is 6.67. The third kappa shape index (κ3) is 3.88. The van der Waals surface area contributed by atoms with Gasteiger partial charge in [-0.3, -0.25) is 0 Å². The Morgan fingerprint density at radius 1 is 1.25 bits per heavy atom. The number of rotatable bonds is 4. The Kier molecular flexibility index (Phi) is 5.03. The molecule has 0 radical (unpaired) electrons. The van der Waals surface area contributed by atoms with Crippen molar-refractivity contribution in [3.8, 4) is 11.4 Å². The molecule has 1 fully saturated rings. The van der Waals surface area contributed by atoms with E-state index in [1.165, 1.54) is 12.8 Å². The first-order valence-electron chi connectivity index (χ1n) is 8.39. The number of methoxy groups -OCH3 is 1. The highest BCUT2D eigenvalue weighted by Crippen LogP contribution is 2.16. The summed E-state index contributed by atoms with van der Waals surface area (Å²) in [6.45, 7) is 4.78. The summed E-state index contributed by atoms with van der Waals surface area (Å²) in [5, 5.41) is 4.56. The summed E-state index contributed by atoms with van der Waals surface area (Å²) in [6.07, 6.45) is 4.30. The fourth-order valence-corrected chi connectivity index (χ4v) is 2.82. The molecule has 0 unspecified atom stereocenters. The van der Waals surface area contributed by atoms with E-state index >= 15 is 0 Å². The smallest absolute Gasteiger partial charge is 0.191 e. The molecule has 0 atom stereocenters. The van der Waals surface area contributed by atoms with Gasteiger partial charge < -0.3 is 15.4 Å². The normalized spacial score (nSPS) is 16.4. The van der Waals surface area contributed by atoms with E-state index in [2.05, 4.69) is 21.9 Å². The summed E-state index contributed by atoms with van der Waals surface area (Å²) >= 11 is 0. The van der Waals surface area contributed by atoms with Crippen LogP contribution in [0.15, 0.2) is 41.5 Å². The highest BCUT2D eigenvalue weighted by Gasteiger charge is 2.16. The average Bonchev–Trinajstić information content (AvgIpc) is 3.09. The van der Waals surface area contributed by atoms with Gasteiger partial charge in [0.05, 0.1) is 25.0 Å². The van der Waals surface area contributed by atoms with Crippen LogP contribution in [-0.4, -0.2) is 40.8 Å². The second kappa shape index (κ2) is 7.38. The monoisotopic (exact) mass is 327 g/mol. The van der Waals surface area contributed by atoms with E-state index in [1.807, 2.05) is 41.2 Å². The molecule has 1 saturated heterocycles. The minimum Gasteiger partial charge on any atom is -0.497 e. The van der Waals surface area contributed by atoms with Gasteiger partial charge in [-0.25, -0.2) is 9.67 Å². The van der Waals surface area contributed by atoms with E-state index in [9.17, 15) is 0 Å². The van der Waals surface area contributed by atoms with Gasteiger partial charge >= 0.3 is 0 Å². The number of nitrogens with zero attached hydrogens (tertiary/aromatic N) is 4. The maximum Gasteiger partial charge on any atom is 0.191 e. The molecule has 0 aliphatic carbocycles. The predicted molar refractivity (Wildman–Crippen MR) is 95.4 cm³/mol. The molecule has 6 heteroatoms. The molecular weight excluding hydrogens is 302 g/mol. The van der Waals surface area contributed by atoms with Crippen LogP contribution < -0.4 is 10.5 Å². The first kappa shape index (κ1) is 16.4. The number of hydrogen-bond donors (Lipinski definition) is 1. The third-order valence-corrected chi connectivity index (χ3v) is 4.49. The van der Waals surface area contributed by atoms with E-state index < -0.39 is 0 Å². The first-order chi connectivity index (χ1) is 11.7. The van der Waals surface area contributed by atoms with Crippen LogP contribution in [0.1, 0.15) is 25.5 Å². The lowest BCUT2D eigenvalue weighted by Gasteiger charge is -2.30. The zero-order valence-electron chi connectivity index (χ0n) is 14.4. The number of benzene rings is 1. The Morgan fingerprint density at radius 3 is 2.62 bits per heavy atom. The average molecular weight is 327 g/mol. The Hall–Kier alpha value is -2.50. The maximum absolute atomic E-state index is 6.12.